The van der Waals surface area contributed by atoms with Crippen molar-refractivity contribution < 1.29 is 27.8 Å². The Labute approximate surface area is 175 Å². The molecule has 0 aliphatic heterocycles. The molecule has 162 valence electrons. The highest BCUT2D eigenvalue weighted by Gasteiger charge is 2.38. The van der Waals surface area contributed by atoms with Crippen LogP contribution in [-0.2, 0) is 4.79 Å². The molecule has 7 nitrogen and oxygen atoms in total. The molecule has 4 aromatic rings. The van der Waals surface area contributed by atoms with Gasteiger partial charge in [-0.15, -0.1) is 0 Å². The number of hydrogen-bond donors (Lipinski definition) is 2. The number of imidazole rings is 1. The second-order valence-corrected chi connectivity index (χ2v) is 6.77. The molecule has 2 N–H and O–H groups in total. The van der Waals surface area contributed by atoms with Crippen LogP contribution in [0.25, 0.3) is 28.0 Å². The van der Waals surface area contributed by atoms with Gasteiger partial charge in [-0.25, -0.2) is 9.78 Å². The van der Waals surface area contributed by atoms with Crippen LogP contribution in [0.3, 0.4) is 0 Å². The molecule has 3 aromatic heterocycles. The Morgan fingerprint density at radius 3 is 2.32 bits per heavy atom. The van der Waals surface area contributed by atoms with Gasteiger partial charge in [0.25, 0.3) is 0 Å². The number of ether oxygens (including phenoxy) is 1. The molecule has 0 bridgehead atoms. The zero-order valence-corrected chi connectivity index (χ0v) is 16.6. The molecule has 1 aromatic carbocycles. The van der Waals surface area contributed by atoms with E-state index >= 15 is 0 Å². The number of benzene rings is 1. The highest BCUT2D eigenvalue weighted by atomic mass is 19.4. The van der Waals surface area contributed by atoms with E-state index in [9.17, 15) is 13.2 Å². The Hall–Kier alpha value is -3.82. The van der Waals surface area contributed by atoms with Crippen LogP contribution < -0.4 is 4.74 Å². The standard InChI is InChI=1S/C19H18N4O.C2HF3O2/c1-13(2)24-17-5-3-14(4-6-17)15-7-8-23-18(12-20-19(23)9-15)16-10-21-22-11-16;3-2(4,5)1(6)7/h3-13H,1-2H3,(H,21,22);(H,6,7). The Kier molecular flexibility index (Phi) is 6.28. The maximum Gasteiger partial charge on any atom is 0.490 e. The van der Waals surface area contributed by atoms with Crippen LogP contribution in [0.2, 0.25) is 0 Å². The van der Waals surface area contributed by atoms with Crippen LogP contribution in [0.5, 0.6) is 5.75 Å². The van der Waals surface area contributed by atoms with Crippen molar-refractivity contribution in [2.75, 3.05) is 0 Å². The number of alkyl halides is 3. The maximum absolute atomic E-state index is 10.6. The van der Waals surface area contributed by atoms with Crippen molar-refractivity contribution in [3.8, 4) is 28.1 Å². The van der Waals surface area contributed by atoms with E-state index in [1.165, 1.54) is 0 Å². The predicted molar refractivity (Wildman–Crippen MR) is 108 cm³/mol. The minimum atomic E-state index is -5.08. The van der Waals surface area contributed by atoms with Gasteiger partial charge in [0.15, 0.2) is 0 Å². The van der Waals surface area contributed by atoms with Gasteiger partial charge in [0, 0.05) is 18.0 Å². The fourth-order valence-corrected chi connectivity index (χ4v) is 2.76. The highest BCUT2D eigenvalue weighted by molar-refractivity contribution is 5.73. The van der Waals surface area contributed by atoms with Gasteiger partial charge >= 0.3 is 12.1 Å². The Bertz CT molecular complexity index is 1150. The van der Waals surface area contributed by atoms with Gasteiger partial charge < -0.3 is 9.84 Å². The maximum atomic E-state index is 10.6. The highest BCUT2D eigenvalue weighted by Crippen LogP contribution is 2.26. The van der Waals surface area contributed by atoms with Crippen LogP contribution in [0.15, 0.2) is 61.2 Å². The van der Waals surface area contributed by atoms with Gasteiger partial charge in [0.1, 0.15) is 11.4 Å². The molecule has 0 spiro atoms. The Morgan fingerprint density at radius 2 is 1.77 bits per heavy atom. The van der Waals surface area contributed by atoms with Crippen molar-refractivity contribution in [3.63, 3.8) is 0 Å². The summed E-state index contributed by atoms with van der Waals surface area (Å²) in [4.78, 5) is 13.4. The van der Waals surface area contributed by atoms with Crippen molar-refractivity contribution in [2.24, 2.45) is 0 Å². The molecule has 0 atom stereocenters. The number of nitrogens with one attached hydrogen (secondary N) is 1. The molecule has 0 unspecified atom stereocenters. The molecule has 0 aliphatic carbocycles. The third-order valence-electron chi connectivity index (χ3n) is 4.11. The van der Waals surface area contributed by atoms with Gasteiger partial charge in [-0.2, -0.15) is 18.3 Å². The number of fused-ring (bicyclic) bond motifs is 1. The lowest BCUT2D eigenvalue weighted by Crippen LogP contribution is -2.21. The summed E-state index contributed by atoms with van der Waals surface area (Å²) in [7, 11) is 0. The Balaban J connectivity index is 0.000000339. The van der Waals surface area contributed by atoms with Crippen LogP contribution in [0, 0.1) is 0 Å². The number of hydrogen-bond acceptors (Lipinski definition) is 4. The first kappa shape index (κ1) is 21.9. The molecule has 10 heteroatoms. The average Bonchev–Trinajstić information content (AvgIpc) is 3.37. The van der Waals surface area contributed by atoms with E-state index in [0.29, 0.717) is 0 Å². The number of aliphatic carboxylic acids is 1. The second-order valence-electron chi connectivity index (χ2n) is 6.77. The van der Waals surface area contributed by atoms with E-state index in [0.717, 1.165) is 33.8 Å². The number of nitrogens with zero attached hydrogens (tertiary/aromatic N) is 3. The van der Waals surface area contributed by atoms with E-state index in [1.807, 2.05) is 44.6 Å². The van der Waals surface area contributed by atoms with Gasteiger partial charge in [0.2, 0.25) is 0 Å². The molecule has 0 saturated carbocycles. The van der Waals surface area contributed by atoms with Gasteiger partial charge in [-0.3, -0.25) is 9.50 Å². The average molecular weight is 432 g/mol. The monoisotopic (exact) mass is 432 g/mol. The third-order valence-corrected chi connectivity index (χ3v) is 4.11. The van der Waals surface area contributed by atoms with Gasteiger partial charge in [-0.1, -0.05) is 12.1 Å². The molecule has 4 rings (SSSR count). The van der Waals surface area contributed by atoms with Crippen LogP contribution >= 0.6 is 0 Å². The summed E-state index contributed by atoms with van der Waals surface area (Å²) in [5, 5.41) is 14.0. The number of aromatic nitrogens is 4. The van der Waals surface area contributed by atoms with Crippen molar-refractivity contribution in [3.05, 3.63) is 61.2 Å². The predicted octanol–water partition coefficient (Wildman–Crippen LogP) is 4.81. The van der Waals surface area contributed by atoms with Crippen molar-refractivity contribution in [1.29, 1.82) is 0 Å². The van der Waals surface area contributed by atoms with Gasteiger partial charge in [-0.05, 0) is 49.2 Å². The lowest BCUT2D eigenvalue weighted by atomic mass is 10.1. The number of halogens is 3. The van der Waals surface area contributed by atoms with Crippen molar-refractivity contribution in [2.45, 2.75) is 26.1 Å². The van der Waals surface area contributed by atoms with E-state index in [-0.39, 0.29) is 6.10 Å². The van der Waals surface area contributed by atoms with Crippen LogP contribution in [-0.4, -0.2) is 42.9 Å². The lowest BCUT2D eigenvalue weighted by molar-refractivity contribution is -0.192. The van der Waals surface area contributed by atoms with E-state index in [1.54, 1.807) is 6.20 Å². The normalized spacial score (nSPS) is 11.3. The van der Waals surface area contributed by atoms with Crippen LogP contribution in [0.1, 0.15) is 13.8 Å². The molecule has 0 fully saturated rings. The zero-order chi connectivity index (χ0) is 22.6. The summed E-state index contributed by atoms with van der Waals surface area (Å²) in [6.07, 6.45) is 2.66. The van der Waals surface area contributed by atoms with Gasteiger partial charge in [0.05, 0.1) is 24.2 Å². The molecule has 3 heterocycles. The fourth-order valence-electron chi connectivity index (χ4n) is 2.76. The third kappa shape index (κ3) is 5.41. The first-order valence-electron chi connectivity index (χ1n) is 9.18. The van der Waals surface area contributed by atoms with Crippen LogP contribution in [0.4, 0.5) is 13.2 Å². The van der Waals surface area contributed by atoms with Crippen molar-refractivity contribution in [1.82, 2.24) is 19.6 Å². The molecular weight excluding hydrogens is 413 g/mol. The number of carboxylic acids is 1. The smallest absolute Gasteiger partial charge is 0.490 e. The zero-order valence-electron chi connectivity index (χ0n) is 16.6. The molecular formula is C21H19F3N4O3. The summed E-state index contributed by atoms with van der Waals surface area (Å²) in [6, 6.07) is 12.3. The molecule has 31 heavy (non-hydrogen) atoms. The molecule has 0 aliphatic rings. The van der Waals surface area contributed by atoms with Crippen molar-refractivity contribution >= 4 is 11.6 Å². The van der Waals surface area contributed by atoms with E-state index in [4.69, 9.17) is 14.6 Å². The summed E-state index contributed by atoms with van der Waals surface area (Å²) in [5.41, 5.74) is 5.21. The fraction of sp³-hybridized carbons (Fsp3) is 0.190. The first-order chi connectivity index (χ1) is 14.6. The number of carbonyl (C=O) groups is 1. The minimum absolute atomic E-state index is 0.179. The molecule has 0 amide bonds. The van der Waals surface area contributed by atoms with E-state index < -0.39 is 12.1 Å². The molecule has 0 saturated heterocycles. The lowest BCUT2D eigenvalue weighted by Gasteiger charge is -2.10. The number of carboxylic acid groups (broad SMARTS) is 1. The first-order valence-corrected chi connectivity index (χ1v) is 9.18. The minimum Gasteiger partial charge on any atom is -0.491 e. The SMILES string of the molecule is CC(C)Oc1ccc(-c2ccn3c(-c4cn[nH]c4)cnc3c2)cc1.O=C(O)C(F)(F)F. The quantitative estimate of drug-likeness (QED) is 0.483. The van der Waals surface area contributed by atoms with E-state index in [2.05, 4.69) is 43.8 Å². The molecule has 0 radical (unpaired) electrons. The second kappa shape index (κ2) is 8.90. The summed E-state index contributed by atoms with van der Waals surface area (Å²) in [5.74, 6) is -1.87. The largest absolute Gasteiger partial charge is 0.491 e. The Morgan fingerprint density at radius 1 is 1.10 bits per heavy atom. The topological polar surface area (TPSA) is 92.5 Å². The summed E-state index contributed by atoms with van der Waals surface area (Å²) < 4.78 is 39.5. The number of aromatic amines is 1. The summed E-state index contributed by atoms with van der Waals surface area (Å²) >= 11 is 0. The summed E-state index contributed by atoms with van der Waals surface area (Å²) in [6.45, 7) is 4.05. The number of pyridine rings is 1. The number of rotatable bonds is 4. The number of H-pyrrole nitrogens is 1.